The lowest BCUT2D eigenvalue weighted by Gasteiger charge is -2.47. The number of aliphatic imine (C=N–C) groups is 1. The summed E-state index contributed by atoms with van der Waals surface area (Å²) in [5.41, 5.74) is 31.9. The molecule has 0 amide bonds. The highest BCUT2D eigenvalue weighted by molar-refractivity contribution is 5.96. The van der Waals surface area contributed by atoms with Crippen LogP contribution in [0.5, 0.6) is 0 Å². The lowest BCUT2D eigenvalue weighted by atomic mass is 9.84. The zero-order valence-electron chi connectivity index (χ0n) is 41.9. The third-order valence-corrected chi connectivity index (χ3v) is 13.5. The molecule has 3 fully saturated rings. The Morgan fingerprint density at radius 1 is 0.789 bits per heavy atom. The Hall–Kier alpha value is -4.51. The molecule has 0 spiro atoms. The minimum absolute atomic E-state index is 0.0390. The van der Waals surface area contributed by atoms with E-state index in [1.54, 1.807) is 6.21 Å². The van der Waals surface area contributed by atoms with Crippen molar-refractivity contribution >= 4 is 33.8 Å². The van der Waals surface area contributed by atoms with Crippen LogP contribution in [0.4, 0.5) is 5.69 Å². The van der Waals surface area contributed by atoms with E-state index in [1.807, 2.05) is 42.5 Å². The molecule has 2 aliphatic carbocycles. The Balaban J connectivity index is 0.000000284. The summed E-state index contributed by atoms with van der Waals surface area (Å²) in [4.78, 5) is 23.7. The molecule has 14 unspecified atom stereocenters. The van der Waals surface area contributed by atoms with E-state index < -0.39 is 92.2 Å². The fourth-order valence-electron chi connectivity index (χ4n) is 9.24. The van der Waals surface area contributed by atoms with Crippen molar-refractivity contribution in [3.05, 3.63) is 93.7 Å². The van der Waals surface area contributed by atoms with Crippen LogP contribution in [0, 0.1) is 0 Å². The molecule has 2 aromatic rings. The smallest absolute Gasteiger partial charge is 0.190 e. The second-order valence-corrected chi connectivity index (χ2v) is 19.3. The van der Waals surface area contributed by atoms with Crippen LogP contribution < -0.4 is 33.3 Å². The van der Waals surface area contributed by atoms with Gasteiger partial charge >= 0.3 is 0 Å². The van der Waals surface area contributed by atoms with Crippen molar-refractivity contribution in [1.82, 2.24) is 4.98 Å². The molecule has 14 atom stereocenters. The quantitative estimate of drug-likeness (QED) is 0.0316. The second-order valence-electron chi connectivity index (χ2n) is 19.3. The summed E-state index contributed by atoms with van der Waals surface area (Å²) < 4.78 is 29.5. The SMILES string of the molecule is CC(C)=CCC/C(C)=C/CC/C(C)=C/C=NCC1OC(OC2C(N)CC(N)C(OC3OC(CO)C(O)C(N)C3O)C2O)C(N)CC1O.CCN(CC)c1ccc2nc3c4ccccc4c(=O)cc-3oc2c1. The molecule has 1 saturated carbocycles. The number of aromatic nitrogens is 1. The van der Waals surface area contributed by atoms with E-state index in [-0.39, 0.29) is 24.8 Å². The lowest BCUT2D eigenvalue weighted by molar-refractivity contribution is -0.314. The summed E-state index contributed by atoms with van der Waals surface area (Å²) in [5.74, 6) is 0.530. The Labute approximate surface area is 416 Å². The predicted octanol–water partition coefficient (Wildman–Crippen LogP) is 3.53. The van der Waals surface area contributed by atoms with Crippen molar-refractivity contribution in [3.63, 3.8) is 0 Å². The minimum Gasteiger partial charge on any atom is -0.453 e. The second kappa shape index (κ2) is 25.9. The van der Waals surface area contributed by atoms with Gasteiger partial charge in [-0.1, -0.05) is 53.1 Å². The fourth-order valence-corrected chi connectivity index (χ4v) is 9.24. The Morgan fingerprint density at radius 3 is 2.11 bits per heavy atom. The molecule has 18 nitrogen and oxygen atoms in total. The predicted molar refractivity (Wildman–Crippen MR) is 276 cm³/mol. The topological polar surface area (TPSA) is 301 Å². The zero-order chi connectivity index (χ0) is 51.5. The number of ether oxygens (including phenoxy) is 4. The number of fused-ring (bicyclic) bond motifs is 4. The van der Waals surface area contributed by atoms with E-state index in [9.17, 15) is 30.3 Å². The van der Waals surface area contributed by atoms with Crippen LogP contribution in [0.3, 0.4) is 0 Å². The molecule has 18 heteroatoms. The molecule has 3 aliphatic heterocycles. The molecule has 5 aliphatic rings. The Morgan fingerprint density at radius 2 is 1.44 bits per heavy atom. The van der Waals surface area contributed by atoms with Crippen molar-refractivity contribution in [1.29, 1.82) is 0 Å². The minimum atomic E-state index is -1.46. The van der Waals surface area contributed by atoms with Crippen LogP contribution in [-0.2, 0) is 18.9 Å². The molecular formula is C53H77N7O11. The van der Waals surface area contributed by atoms with E-state index in [1.165, 1.54) is 22.8 Å². The van der Waals surface area contributed by atoms with Crippen LogP contribution >= 0.6 is 0 Å². The third-order valence-electron chi connectivity index (χ3n) is 13.5. The number of anilines is 1. The van der Waals surface area contributed by atoms with E-state index in [4.69, 9.17) is 51.3 Å². The number of aliphatic hydroxyl groups excluding tert-OH is 5. The third kappa shape index (κ3) is 14.2. The molecule has 13 N–H and O–H groups in total. The van der Waals surface area contributed by atoms with Crippen LogP contribution in [0.2, 0.25) is 0 Å². The molecule has 0 bridgehead atoms. The number of aliphatic hydroxyl groups is 5. The first-order valence-electron chi connectivity index (χ1n) is 24.9. The van der Waals surface area contributed by atoms with Crippen LogP contribution in [0.1, 0.15) is 80.1 Å². The van der Waals surface area contributed by atoms with Gasteiger partial charge in [-0.2, -0.15) is 0 Å². The van der Waals surface area contributed by atoms with E-state index >= 15 is 0 Å². The van der Waals surface area contributed by atoms with Crippen molar-refractivity contribution in [2.45, 2.75) is 166 Å². The number of nitrogens with two attached hydrogens (primary N) is 4. The highest BCUT2D eigenvalue weighted by atomic mass is 16.7. The average molecular weight is 988 g/mol. The van der Waals surface area contributed by atoms with Crippen molar-refractivity contribution in [2.75, 3.05) is 31.1 Å². The Kier molecular flexibility index (Phi) is 20.4. The summed E-state index contributed by atoms with van der Waals surface area (Å²) >= 11 is 0. The Bertz CT molecular complexity index is 2490. The molecule has 390 valence electrons. The average Bonchev–Trinajstić information content (AvgIpc) is 3.34. The van der Waals surface area contributed by atoms with Crippen molar-refractivity contribution < 1.29 is 48.9 Å². The monoisotopic (exact) mass is 988 g/mol. The number of hydrogen-bond acceptors (Lipinski definition) is 18. The first-order valence-corrected chi connectivity index (χ1v) is 24.9. The van der Waals surface area contributed by atoms with Gasteiger partial charge in [0.15, 0.2) is 29.4 Å². The van der Waals surface area contributed by atoms with Gasteiger partial charge in [0.2, 0.25) is 0 Å². The highest BCUT2D eigenvalue weighted by Crippen LogP contribution is 2.33. The fraction of sp³-hybridized carbons (Fsp3) is 0.566. The van der Waals surface area contributed by atoms with Gasteiger partial charge < -0.3 is 76.7 Å². The van der Waals surface area contributed by atoms with Crippen LogP contribution in [-0.4, -0.2) is 149 Å². The molecule has 0 aromatic heterocycles. The summed E-state index contributed by atoms with van der Waals surface area (Å²) in [5, 5.41) is 53.6. The largest absolute Gasteiger partial charge is 0.453 e. The maximum absolute atomic E-state index is 12.3. The van der Waals surface area contributed by atoms with Gasteiger partial charge in [-0.15, -0.1) is 0 Å². The molecule has 2 aromatic carbocycles. The zero-order valence-corrected chi connectivity index (χ0v) is 41.9. The first-order chi connectivity index (χ1) is 33.9. The molecule has 2 saturated heterocycles. The van der Waals surface area contributed by atoms with Gasteiger partial charge in [-0.25, -0.2) is 4.98 Å². The van der Waals surface area contributed by atoms with Gasteiger partial charge in [0, 0.05) is 60.0 Å². The lowest BCUT2D eigenvalue weighted by Crippen LogP contribution is -2.68. The summed E-state index contributed by atoms with van der Waals surface area (Å²) in [6.45, 7) is 14.2. The molecular weight excluding hydrogens is 911 g/mol. The van der Waals surface area contributed by atoms with Gasteiger partial charge in [0.1, 0.15) is 53.9 Å². The van der Waals surface area contributed by atoms with Crippen LogP contribution in [0.15, 0.2) is 97.7 Å². The first kappa shape index (κ1) is 55.8. The molecule has 3 heterocycles. The molecule has 7 rings (SSSR count). The van der Waals surface area contributed by atoms with E-state index in [0.29, 0.717) is 16.7 Å². The number of hydrogen-bond donors (Lipinski definition) is 9. The standard InChI is InChI=1S/C33H59N5O9.C20H18N2O2/c1-17(2)7-5-8-18(3)9-6-10-19(4)11-12-38-15-24-23(40)14-22(36)32(44-24)46-30-20(34)13-21(35)31(29(30)43)47-33-28(42)26(37)27(41)25(16-39)45-33;1-3-22(4-2)13-9-10-16-18(11-13)24-19-12-17(23)14-7-5-6-8-15(14)20(19)21-16/h7,9,11-12,20-33,39-43H,5-6,8,10,13-16,34-37H2,1-4H3;5-12H,3-4H2,1-2H3/b18-9+,19-11+,38-12?;. The number of rotatable bonds is 17. The van der Waals surface area contributed by atoms with E-state index in [2.05, 4.69) is 69.7 Å². The van der Waals surface area contributed by atoms with Crippen molar-refractivity contribution in [2.24, 2.45) is 27.9 Å². The maximum Gasteiger partial charge on any atom is 0.190 e. The maximum atomic E-state index is 12.3. The summed E-state index contributed by atoms with van der Waals surface area (Å²) in [7, 11) is 0. The highest BCUT2D eigenvalue weighted by Gasteiger charge is 2.50. The van der Waals surface area contributed by atoms with Crippen LogP contribution in [0.25, 0.3) is 33.3 Å². The number of nitrogens with zero attached hydrogens (tertiary/aromatic N) is 3. The summed E-state index contributed by atoms with van der Waals surface area (Å²) in [6, 6.07) is 11.7. The van der Waals surface area contributed by atoms with Gasteiger partial charge in [0.05, 0.1) is 31.3 Å². The normalized spacial score (nSPS) is 30.7. The van der Waals surface area contributed by atoms with Gasteiger partial charge in [-0.05, 0) is 98.3 Å². The molecule has 71 heavy (non-hydrogen) atoms. The number of allylic oxidation sites excluding steroid dienone is 6. The van der Waals surface area contributed by atoms with Crippen molar-refractivity contribution in [3.8, 4) is 11.5 Å². The summed E-state index contributed by atoms with van der Waals surface area (Å²) in [6.07, 6.45) is 1.19. The van der Waals surface area contributed by atoms with Gasteiger partial charge in [-0.3, -0.25) is 9.79 Å². The molecule has 0 radical (unpaired) electrons. The number of benzene rings is 3. The van der Waals surface area contributed by atoms with Gasteiger partial charge in [0.25, 0.3) is 0 Å². The van der Waals surface area contributed by atoms with E-state index in [0.717, 1.165) is 61.1 Å².